The Labute approximate surface area is 121 Å². The molecule has 3 N–H and O–H groups in total. The summed E-state index contributed by atoms with van der Waals surface area (Å²) in [5.74, 6) is -0.265. The van der Waals surface area contributed by atoms with E-state index in [1.807, 2.05) is 0 Å². The number of nitrogens with two attached hydrogens (primary N) is 1. The predicted molar refractivity (Wildman–Crippen MR) is 78.8 cm³/mol. The number of halogens is 2. The van der Waals surface area contributed by atoms with Crippen LogP contribution in [-0.2, 0) is 4.74 Å². The van der Waals surface area contributed by atoms with E-state index in [9.17, 15) is 4.39 Å². The van der Waals surface area contributed by atoms with Crippen LogP contribution in [0.2, 0.25) is 0 Å². The van der Waals surface area contributed by atoms with Crippen LogP contribution < -0.4 is 11.1 Å². The first-order valence-electron chi connectivity index (χ1n) is 6.57. The summed E-state index contributed by atoms with van der Waals surface area (Å²) >= 11 is 3.21. The lowest BCUT2D eigenvalue weighted by Crippen LogP contribution is -2.57. The zero-order valence-corrected chi connectivity index (χ0v) is 12.7. The Bertz CT molecular complexity index is 443. The monoisotopic (exact) mass is 330 g/mol. The van der Waals surface area contributed by atoms with E-state index < -0.39 is 0 Å². The Balaban J connectivity index is 2.23. The van der Waals surface area contributed by atoms with Crippen molar-refractivity contribution in [2.75, 3.05) is 19.0 Å². The summed E-state index contributed by atoms with van der Waals surface area (Å²) in [6.07, 6.45) is 4.36. The molecule has 1 saturated carbocycles. The fourth-order valence-electron chi connectivity index (χ4n) is 2.84. The summed E-state index contributed by atoms with van der Waals surface area (Å²) in [7, 11) is 1.72. The van der Waals surface area contributed by atoms with Gasteiger partial charge in [0.2, 0.25) is 0 Å². The normalized spacial score (nSPS) is 27.3. The van der Waals surface area contributed by atoms with E-state index in [4.69, 9.17) is 10.5 Å². The highest BCUT2D eigenvalue weighted by atomic mass is 79.9. The van der Waals surface area contributed by atoms with Gasteiger partial charge in [0, 0.05) is 19.3 Å². The lowest BCUT2D eigenvalue weighted by atomic mass is 9.78. The van der Waals surface area contributed by atoms with Gasteiger partial charge >= 0.3 is 0 Å². The molecule has 0 aliphatic heterocycles. The van der Waals surface area contributed by atoms with E-state index in [0.717, 1.165) is 31.4 Å². The molecule has 0 aromatic heterocycles. The predicted octanol–water partition coefficient (Wildman–Crippen LogP) is 3.29. The zero-order chi connectivity index (χ0) is 13.9. The van der Waals surface area contributed by atoms with Gasteiger partial charge in [-0.2, -0.15) is 0 Å². The second-order valence-electron chi connectivity index (χ2n) is 5.08. The van der Waals surface area contributed by atoms with E-state index in [1.165, 1.54) is 6.07 Å². The van der Waals surface area contributed by atoms with Crippen molar-refractivity contribution in [3.63, 3.8) is 0 Å². The van der Waals surface area contributed by atoms with Crippen LogP contribution in [0, 0.1) is 5.82 Å². The first-order chi connectivity index (χ1) is 9.11. The van der Waals surface area contributed by atoms with Crippen LogP contribution in [0.15, 0.2) is 22.7 Å². The van der Waals surface area contributed by atoms with Crippen molar-refractivity contribution in [2.24, 2.45) is 5.73 Å². The molecule has 1 aromatic rings. The minimum absolute atomic E-state index is 0.0927. The second-order valence-corrected chi connectivity index (χ2v) is 5.94. The molecular formula is C14H20BrFN2O. The number of methoxy groups -OCH3 is 1. The Morgan fingerprint density at radius 1 is 1.53 bits per heavy atom. The highest BCUT2D eigenvalue weighted by Gasteiger charge is 2.40. The number of nitrogens with one attached hydrogen (secondary N) is 1. The summed E-state index contributed by atoms with van der Waals surface area (Å²) in [5.41, 5.74) is 6.60. The van der Waals surface area contributed by atoms with E-state index in [0.29, 0.717) is 11.0 Å². The molecular weight excluding hydrogens is 311 g/mol. The third-order valence-corrected chi connectivity index (χ3v) is 4.52. The summed E-state index contributed by atoms with van der Waals surface area (Å²) in [4.78, 5) is 0. The number of benzene rings is 1. The van der Waals surface area contributed by atoms with Gasteiger partial charge in [-0.1, -0.05) is 12.8 Å². The summed E-state index contributed by atoms with van der Waals surface area (Å²) in [6, 6.07) is 4.92. The van der Waals surface area contributed by atoms with Gasteiger partial charge in [0.15, 0.2) is 0 Å². The standard InChI is InChI=1S/C14H20BrFN2O/c1-19-13-4-2-3-7-14(13,9-17)18-10-5-6-12(16)11(15)8-10/h5-6,8,13,18H,2-4,7,9,17H2,1H3. The van der Waals surface area contributed by atoms with Crippen LogP contribution in [0.25, 0.3) is 0 Å². The second kappa shape index (κ2) is 6.20. The molecule has 0 radical (unpaired) electrons. The van der Waals surface area contributed by atoms with Crippen LogP contribution in [0.1, 0.15) is 25.7 Å². The number of ether oxygens (including phenoxy) is 1. The van der Waals surface area contributed by atoms with Crippen molar-refractivity contribution in [1.82, 2.24) is 0 Å². The largest absolute Gasteiger partial charge is 0.379 e. The molecule has 2 unspecified atom stereocenters. The maximum absolute atomic E-state index is 13.3. The topological polar surface area (TPSA) is 47.3 Å². The quantitative estimate of drug-likeness (QED) is 0.890. The van der Waals surface area contributed by atoms with Crippen molar-refractivity contribution in [1.29, 1.82) is 0 Å². The highest BCUT2D eigenvalue weighted by molar-refractivity contribution is 9.10. The average molecular weight is 331 g/mol. The molecule has 0 spiro atoms. The molecule has 0 amide bonds. The number of hydrogen-bond donors (Lipinski definition) is 2. The lowest BCUT2D eigenvalue weighted by Gasteiger charge is -2.44. The zero-order valence-electron chi connectivity index (χ0n) is 11.1. The van der Waals surface area contributed by atoms with Gasteiger partial charge in [-0.15, -0.1) is 0 Å². The number of hydrogen-bond acceptors (Lipinski definition) is 3. The van der Waals surface area contributed by atoms with E-state index >= 15 is 0 Å². The minimum Gasteiger partial charge on any atom is -0.379 e. The molecule has 1 aliphatic rings. The average Bonchev–Trinajstić information content (AvgIpc) is 2.43. The van der Waals surface area contributed by atoms with Crippen LogP contribution in [0.5, 0.6) is 0 Å². The maximum Gasteiger partial charge on any atom is 0.137 e. The van der Waals surface area contributed by atoms with Crippen LogP contribution in [0.3, 0.4) is 0 Å². The first-order valence-corrected chi connectivity index (χ1v) is 7.37. The molecule has 1 fully saturated rings. The van der Waals surface area contributed by atoms with Crippen LogP contribution in [0.4, 0.5) is 10.1 Å². The molecule has 0 heterocycles. The smallest absolute Gasteiger partial charge is 0.137 e. The molecule has 2 atom stereocenters. The maximum atomic E-state index is 13.3. The molecule has 1 aliphatic carbocycles. The Morgan fingerprint density at radius 3 is 2.95 bits per heavy atom. The van der Waals surface area contributed by atoms with Crippen molar-refractivity contribution in [3.8, 4) is 0 Å². The molecule has 106 valence electrons. The fourth-order valence-corrected chi connectivity index (χ4v) is 3.22. The molecule has 3 nitrogen and oxygen atoms in total. The minimum atomic E-state index is -0.265. The van der Waals surface area contributed by atoms with Gasteiger partial charge in [-0.3, -0.25) is 0 Å². The third-order valence-electron chi connectivity index (χ3n) is 3.92. The van der Waals surface area contributed by atoms with Gasteiger partial charge in [0.25, 0.3) is 0 Å². The van der Waals surface area contributed by atoms with Crippen molar-refractivity contribution in [3.05, 3.63) is 28.5 Å². The highest BCUT2D eigenvalue weighted by Crippen LogP contribution is 2.34. The summed E-state index contributed by atoms with van der Waals surface area (Å²) < 4.78 is 19.3. The van der Waals surface area contributed by atoms with Crippen LogP contribution >= 0.6 is 15.9 Å². The first kappa shape index (κ1) is 14.8. The Kier molecular flexibility index (Phi) is 4.81. The molecule has 2 rings (SSSR count). The van der Waals surface area contributed by atoms with Crippen molar-refractivity contribution >= 4 is 21.6 Å². The van der Waals surface area contributed by atoms with Gasteiger partial charge in [0.1, 0.15) is 5.82 Å². The Morgan fingerprint density at radius 2 is 2.32 bits per heavy atom. The molecule has 0 bridgehead atoms. The number of rotatable bonds is 4. The molecule has 0 saturated heterocycles. The molecule has 19 heavy (non-hydrogen) atoms. The Hall–Kier alpha value is -0.650. The lowest BCUT2D eigenvalue weighted by molar-refractivity contribution is 0.0190. The molecule has 5 heteroatoms. The SMILES string of the molecule is COC1CCCCC1(CN)Nc1ccc(F)c(Br)c1. The van der Waals surface area contributed by atoms with Gasteiger partial charge in [-0.25, -0.2) is 4.39 Å². The van der Waals surface area contributed by atoms with Crippen molar-refractivity contribution < 1.29 is 9.13 Å². The van der Waals surface area contributed by atoms with E-state index in [2.05, 4.69) is 21.2 Å². The van der Waals surface area contributed by atoms with Gasteiger partial charge < -0.3 is 15.8 Å². The summed E-state index contributed by atoms with van der Waals surface area (Å²) in [6.45, 7) is 0.500. The molecule has 1 aromatic carbocycles. The summed E-state index contributed by atoms with van der Waals surface area (Å²) in [5, 5.41) is 3.47. The van der Waals surface area contributed by atoms with E-state index in [-0.39, 0.29) is 17.5 Å². The van der Waals surface area contributed by atoms with Gasteiger partial charge in [0.05, 0.1) is 16.1 Å². The van der Waals surface area contributed by atoms with Gasteiger partial charge in [-0.05, 0) is 47.0 Å². The fraction of sp³-hybridized carbons (Fsp3) is 0.571. The third kappa shape index (κ3) is 3.09. The van der Waals surface area contributed by atoms with E-state index in [1.54, 1.807) is 19.2 Å². The number of anilines is 1. The van der Waals surface area contributed by atoms with Crippen LogP contribution in [-0.4, -0.2) is 25.3 Å². The van der Waals surface area contributed by atoms with Crippen molar-refractivity contribution in [2.45, 2.75) is 37.3 Å².